The monoisotopic (exact) mass is 574 g/mol. The van der Waals surface area contributed by atoms with Crippen molar-refractivity contribution in [3.8, 4) is 28.9 Å². The summed E-state index contributed by atoms with van der Waals surface area (Å²) < 4.78 is 17.7. The first-order valence-electron chi connectivity index (χ1n) is 14.2. The van der Waals surface area contributed by atoms with Crippen molar-refractivity contribution in [3.05, 3.63) is 148 Å². The van der Waals surface area contributed by atoms with Gasteiger partial charge in [-0.1, -0.05) is 60.7 Å². The van der Waals surface area contributed by atoms with Crippen molar-refractivity contribution in [1.29, 1.82) is 0 Å². The quantitative estimate of drug-likeness (QED) is 0.166. The molecule has 8 heteroatoms. The molecule has 1 N–H and O–H groups in total. The van der Waals surface area contributed by atoms with Crippen molar-refractivity contribution in [2.24, 2.45) is 0 Å². The van der Waals surface area contributed by atoms with Crippen molar-refractivity contribution >= 4 is 5.69 Å². The Bertz CT molecular complexity index is 1710. The molecule has 0 bridgehead atoms. The normalized spacial score (nSPS) is 16.7. The number of aryl methyl sites for hydroxylation is 2. The maximum absolute atomic E-state index is 11.1. The molecule has 43 heavy (non-hydrogen) atoms. The molecule has 2 aliphatic rings. The maximum Gasteiger partial charge on any atom is 0.331 e. The summed E-state index contributed by atoms with van der Waals surface area (Å²) in [5, 5.41) is 20.5. The lowest BCUT2D eigenvalue weighted by molar-refractivity contribution is -0.386. The summed E-state index contributed by atoms with van der Waals surface area (Å²) in [6.07, 6.45) is 5.25. The van der Waals surface area contributed by atoms with Gasteiger partial charge in [-0.3, -0.25) is 10.1 Å². The summed E-state index contributed by atoms with van der Waals surface area (Å²) in [4.78, 5) is 14.5. The molecule has 3 heterocycles. The van der Waals surface area contributed by atoms with Crippen molar-refractivity contribution < 1.29 is 24.2 Å². The number of benzene rings is 4. The van der Waals surface area contributed by atoms with E-state index in [1.54, 1.807) is 18.2 Å². The Balaban J connectivity index is 0.000000167. The molecule has 7 rings (SSSR count). The number of fused-ring (bicyclic) bond motifs is 2. The Kier molecular flexibility index (Phi) is 8.17. The van der Waals surface area contributed by atoms with Crippen LogP contribution in [0.25, 0.3) is 0 Å². The lowest BCUT2D eigenvalue weighted by Gasteiger charge is -2.26. The Labute approximate surface area is 249 Å². The molecule has 0 aliphatic carbocycles. The summed E-state index contributed by atoms with van der Waals surface area (Å²) in [6.45, 7) is 0. The molecule has 0 spiro atoms. The molecular formula is C35H30N2O6. The predicted octanol–water partition coefficient (Wildman–Crippen LogP) is 8.31. The van der Waals surface area contributed by atoms with Gasteiger partial charge < -0.3 is 19.3 Å². The van der Waals surface area contributed by atoms with E-state index in [0.717, 1.165) is 53.9 Å². The van der Waals surface area contributed by atoms with Crippen LogP contribution in [-0.4, -0.2) is 15.0 Å². The number of hydrogen-bond acceptors (Lipinski definition) is 7. The standard InChI is InChI=1S/C20H16N2O4.C15H14O2/c23-22(24)17-7-4-12-21-20(17)25-16-9-11-19-15(13-16)8-10-18(26-19)14-5-2-1-3-6-14;16-13-7-9-15-12(10-13)6-8-14(17-15)11-4-2-1-3-5-11/h1-7,9,11-13,18H,8,10H2;1-5,7,9-10,14,16H,6,8H2. The minimum atomic E-state index is -0.506. The van der Waals surface area contributed by atoms with Crippen molar-refractivity contribution in [3.63, 3.8) is 0 Å². The van der Waals surface area contributed by atoms with Crippen LogP contribution in [0.5, 0.6) is 28.9 Å². The number of nitrogens with zero attached hydrogens (tertiary/aromatic N) is 2. The smallest absolute Gasteiger partial charge is 0.331 e. The first kappa shape index (κ1) is 27.8. The van der Waals surface area contributed by atoms with Crippen molar-refractivity contribution in [1.82, 2.24) is 4.98 Å². The molecule has 1 aromatic heterocycles. The molecule has 2 aliphatic heterocycles. The minimum Gasteiger partial charge on any atom is -0.508 e. The summed E-state index contributed by atoms with van der Waals surface area (Å²) in [7, 11) is 0. The lowest BCUT2D eigenvalue weighted by atomic mass is 9.97. The Morgan fingerprint density at radius 1 is 0.744 bits per heavy atom. The molecule has 2 unspecified atom stereocenters. The lowest BCUT2D eigenvalue weighted by Crippen LogP contribution is -2.15. The van der Waals surface area contributed by atoms with Crippen LogP contribution in [0.15, 0.2) is 115 Å². The Hall–Kier alpha value is -5.37. The van der Waals surface area contributed by atoms with E-state index < -0.39 is 4.92 Å². The van der Waals surface area contributed by atoms with Gasteiger partial charge in [0.1, 0.15) is 35.2 Å². The number of phenolic OH excluding ortho intramolecular Hbond substituents is 1. The summed E-state index contributed by atoms with van der Waals surface area (Å²) >= 11 is 0. The van der Waals surface area contributed by atoms with Gasteiger partial charge in [0.05, 0.1) is 4.92 Å². The molecule has 0 fully saturated rings. The van der Waals surface area contributed by atoms with Gasteiger partial charge in [0, 0.05) is 12.3 Å². The molecule has 2 atom stereocenters. The molecule has 4 aromatic carbocycles. The number of phenols is 1. The highest BCUT2D eigenvalue weighted by atomic mass is 16.6. The van der Waals surface area contributed by atoms with E-state index in [-0.39, 0.29) is 23.8 Å². The van der Waals surface area contributed by atoms with Gasteiger partial charge in [-0.25, -0.2) is 4.98 Å². The minimum absolute atomic E-state index is 0.0173. The molecule has 5 aromatic rings. The average molecular weight is 575 g/mol. The Morgan fingerprint density at radius 3 is 1.93 bits per heavy atom. The number of rotatable bonds is 5. The first-order valence-corrected chi connectivity index (χ1v) is 14.2. The molecule has 0 saturated heterocycles. The fraction of sp³-hybridized carbons (Fsp3) is 0.171. The zero-order chi connectivity index (χ0) is 29.6. The third-order valence-corrected chi connectivity index (χ3v) is 7.47. The van der Waals surface area contributed by atoms with Crippen LogP contribution in [0.1, 0.15) is 47.3 Å². The molecule has 0 radical (unpaired) electrons. The number of hydrogen-bond donors (Lipinski definition) is 1. The van der Waals surface area contributed by atoms with E-state index in [1.165, 1.54) is 23.9 Å². The van der Waals surface area contributed by atoms with Gasteiger partial charge >= 0.3 is 5.69 Å². The highest BCUT2D eigenvalue weighted by molar-refractivity contribution is 5.47. The molecule has 0 saturated carbocycles. The highest BCUT2D eigenvalue weighted by Gasteiger charge is 2.23. The Morgan fingerprint density at radius 2 is 1.33 bits per heavy atom. The number of nitro groups is 1. The summed E-state index contributed by atoms with van der Waals surface area (Å²) in [5.41, 5.74) is 4.32. The molecule has 8 nitrogen and oxygen atoms in total. The first-order chi connectivity index (χ1) is 21.0. The predicted molar refractivity (Wildman–Crippen MR) is 162 cm³/mol. The van der Waals surface area contributed by atoms with Gasteiger partial charge in [0.15, 0.2) is 0 Å². The van der Waals surface area contributed by atoms with Crippen molar-refractivity contribution in [2.45, 2.75) is 37.9 Å². The van der Waals surface area contributed by atoms with E-state index >= 15 is 0 Å². The highest BCUT2D eigenvalue weighted by Crippen LogP contribution is 2.39. The van der Waals surface area contributed by atoms with Crippen LogP contribution < -0.4 is 14.2 Å². The van der Waals surface area contributed by atoms with E-state index in [2.05, 4.69) is 29.2 Å². The van der Waals surface area contributed by atoms with Gasteiger partial charge in [0.2, 0.25) is 0 Å². The van der Waals surface area contributed by atoms with E-state index in [9.17, 15) is 15.2 Å². The van der Waals surface area contributed by atoms with E-state index in [1.807, 2.05) is 54.6 Å². The fourth-order valence-electron chi connectivity index (χ4n) is 5.32. The summed E-state index contributed by atoms with van der Waals surface area (Å²) in [6, 6.07) is 34.0. The third kappa shape index (κ3) is 6.59. The number of ether oxygens (including phenoxy) is 3. The zero-order valence-electron chi connectivity index (χ0n) is 23.3. The van der Waals surface area contributed by atoms with Gasteiger partial charge in [0.25, 0.3) is 5.88 Å². The van der Waals surface area contributed by atoms with Crippen LogP contribution >= 0.6 is 0 Å². The SMILES string of the molecule is O=[N+]([O-])c1cccnc1Oc1ccc2c(c1)CCC(c1ccccc1)O2.Oc1ccc2c(c1)CCC(c1ccccc1)O2. The van der Waals surface area contributed by atoms with Crippen LogP contribution in [-0.2, 0) is 12.8 Å². The third-order valence-electron chi connectivity index (χ3n) is 7.47. The maximum atomic E-state index is 11.1. The largest absolute Gasteiger partial charge is 0.508 e. The van der Waals surface area contributed by atoms with E-state index in [4.69, 9.17) is 14.2 Å². The summed E-state index contributed by atoms with van der Waals surface area (Å²) in [5.74, 6) is 2.50. The van der Waals surface area contributed by atoms with Crippen LogP contribution in [0.4, 0.5) is 5.69 Å². The van der Waals surface area contributed by atoms with Gasteiger partial charge in [-0.15, -0.1) is 0 Å². The fourth-order valence-corrected chi connectivity index (χ4v) is 5.32. The molecule has 0 amide bonds. The second-order valence-corrected chi connectivity index (χ2v) is 10.4. The molecule has 216 valence electrons. The van der Waals surface area contributed by atoms with Crippen molar-refractivity contribution in [2.75, 3.05) is 0 Å². The van der Waals surface area contributed by atoms with Gasteiger partial charge in [-0.2, -0.15) is 0 Å². The average Bonchev–Trinajstić information content (AvgIpc) is 3.05. The van der Waals surface area contributed by atoms with Crippen LogP contribution in [0.2, 0.25) is 0 Å². The second-order valence-electron chi connectivity index (χ2n) is 10.4. The van der Waals surface area contributed by atoms with Crippen LogP contribution in [0.3, 0.4) is 0 Å². The number of aromatic nitrogens is 1. The second kappa shape index (κ2) is 12.7. The van der Waals surface area contributed by atoms with E-state index in [0.29, 0.717) is 11.5 Å². The number of aromatic hydroxyl groups is 1. The molecular weight excluding hydrogens is 544 g/mol. The van der Waals surface area contributed by atoms with Gasteiger partial charge in [-0.05, 0) is 90.4 Å². The van der Waals surface area contributed by atoms with Crippen LogP contribution in [0, 0.1) is 10.1 Å². The topological polar surface area (TPSA) is 104 Å². The zero-order valence-corrected chi connectivity index (χ0v) is 23.3. The number of pyridine rings is 1.